The largest absolute Gasteiger partial charge is 0.453 e. The van der Waals surface area contributed by atoms with E-state index in [0.29, 0.717) is 16.0 Å². The number of hydrogen-bond donors (Lipinski definition) is 1. The number of pyridine rings is 2. The van der Waals surface area contributed by atoms with Gasteiger partial charge in [0.1, 0.15) is 5.75 Å². The van der Waals surface area contributed by atoms with Gasteiger partial charge in [-0.2, -0.15) is 0 Å². The number of halogens is 1. The van der Waals surface area contributed by atoms with Crippen molar-refractivity contribution in [2.24, 2.45) is 5.73 Å². The fourth-order valence-electron chi connectivity index (χ4n) is 1.58. The molecule has 0 aromatic carbocycles. The summed E-state index contributed by atoms with van der Waals surface area (Å²) < 4.78 is 6.38. The van der Waals surface area contributed by atoms with Gasteiger partial charge in [-0.15, -0.1) is 0 Å². The molecule has 0 saturated heterocycles. The van der Waals surface area contributed by atoms with E-state index in [1.54, 1.807) is 12.1 Å². The zero-order valence-electron chi connectivity index (χ0n) is 10.5. The number of primary amides is 1. The van der Waals surface area contributed by atoms with E-state index in [-0.39, 0.29) is 5.69 Å². The van der Waals surface area contributed by atoms with Gasteiger partial charge < -0.3 is 10.5 Å². The first-order chi connectivity index (χ1) is 8.97. The molecule has 2 heterocycles. The Kier molecular flexibility index (Phi) is 3.80. The van der Waals surface area contributed by atoms with Crippen molar-refractivity contribution in [3.63, 3.8) is 0 Å². The molecule has 1 amide bonds. The number of hydrogen-bond acceptors (Lipinski definition) is 4. The topological polar surface area (TPSA) is 78.1 Å². The molecule has 0 bridgehead atoms. The van der Waals surface area contributed by atoms with Crippen LogP contribution >= 0.6 is 15.9 Å². The summed E-state index contributed by atoms with van der Waals surface area (Å²) in [4.78, 5) is 19.6. The Labute approximate surface area is 119 Å². The number of ether oxygens (including phenoxy) is 1. The Hall–Kier alpha value is -1.95. The van der Waals surface area contributed by atoms with Crippen molar-refractivity contribution < 1.29 is 9.53 Å². The van der Waals surface area contributed by atoms with E-state index in [4.69, 9.17) is 10.5 Å². The monoisotopic (exact) mass is 321 g/mol. The minimum absolute atomic E-state index is 0.0863. The zero-order valence-corrected chi connectivity index (χ0v) is 12.1. The summed E-state index contributed by atoms with van der Waals surface area (Å²) in [5, 5.41) is 0. The van der Waals surface area contributed by atoms with Crippen molar-refractivity contribution in [3.8, 4) is 11.5 Å². The number of nitrogens with zero attached hydrogens (tertiary/aromatic N) is 2. The molecule has 0 aliphatic heterocycles. The third-order valence-electron chi connectivity index (χ3n) is 2.45. The number of carbonyl (C=O) groups excluding carboxylic acids is 1. The molecule has 0 aliphatic carbocycles. The van der Waals surface area contributed by atoms with E-state index in [9.17, 15) is 4.79 Å². The predicted molar refractivity (Wildman–Crippen MR) is 74.2 cm³/mol. The van der Waals surface area contributed by atoms with Gasteiger partial charge in [-0.25, -0.2) is 4.98 Å². The molecule has 0 fully saturated rings. The van der Waals surface area contributed by atoms with Gasteiger partial charge in [0, 0.05) is 16.4 Å². The molecule has 2 rings (SSSR count). The second kappa shape index (κ2) is 5.36. The van der Waals surface area contributed by atoms with Gasteiger partial charge >= 0.3 is 0 Å². The van der Waals surface area contributed by atoms with E-state index in [0.717, 1.165) is 11.4 Å². The molecule has 5 nitrogen and oxygen atoms in total. The molecule has 2 N–H and O–H groups in total. The first-order valence-corrected chi connectivity index (χ1v) is 6.34. The molecule has 98 valence electrons. The van der Waals surface area contributed by atoms with Crippen molar-refractivity contribution in [2.75, 3.05) is 0 Å². The predicted octanol–water partition coefficient (Wildman–Crippen LogP) is 2.75. The van der Waals surface area contributed by atoms with Crippen molar-refractivity contribution in [1.29, 1.82) is 0 Å². The van der Waals surface area contributed by atoms with Crippen molar-refractivity contribution in [1.82, 2.24) is 9.97 Å². The van der Waals surface area contributed by atoms with E-state index in [1.807, 2.05) is 19.9 Å². The van der Waals surface area contributed by atoms with E-state index in [1.165, 1.54) is 6.20 Å². The molecule has 0 atom stereocenters. The average molecular weight is 322 g/mol. The van der Waals surface area contributed by atoms with Crippen LogP contribution in [0, 0.1) is 13.8 Å². The molecular weight excluding hydrogens is 310 g/mol. The minimum Gasteiger partial charge on any atom is -0.453 e. The van der Waals surface area contributed by atoms with Crippen molar-refractivity contribution >= 4 is 21.8 Å². The number of carbonyl (C=O) groups is 1. The van der Waals surface area contributed by atoms with Gasteiger partial charge in [0.15, 0.2) is 11.4 Å². The van der Waals surface area contributed by atoms with Crippen LogP contribution in [0.15, 0.2) is 28.9 Å². The number of amides is 1. The van der Waals surface area contributed by atoms with Gasteiger partial charge in [0.05, 0.1) is 5.69 Å². The molecule has 0 aliphatic rings. The molecule has 0 saturated carbocycles. The second-order valence-electron chi connectivity index (χ2n) is 4.00. The van der Waals surface area contributed by atoms with Gasteiger partial charge in [0.25, 0.3) is 5.91 Å². The van der Waals surface area contributed by atoms with Crippen LogP contribution < -0.4 is 10.5 Å². The second-order valence-corrected chi connectivity index (χ2v) is 4.92. The van der Waals surface area contributed by atoms with Crippen LogP contribution in [0.5, 0.6) is 11.5 Å². The standard InChI is InChI=1S/C13H12BrN3O2/c1-7-3-4-10(8(2)17-7)19-11-5-9(14)6-16-12(11)13(15)18/h3-6H,1-2H3,(H2,15,18). The first-order valence-electron chi connectivity index (χ1n) is 5.55. The Morgan fingerprint density at radius 1 is 1.32 bits per heavy atom. The number of aromatic nitrogens is 2. The summed E-state index contributed by atoms with van der Waals surface area (Å²) in [7, 11) is 0. The molecular formula is C13H12BrN3O2. The Bertz CT molecular complexity index is 644. The molecule has 2 aromatic heterocycles. The van der Waals surface area contributed by atoms with Crippen molar-refractivity contribution in [2.45, 2.75) is 13.8 Å². The normalized spacial score (nSPS) is 10.3. The highest BCUT2D eigenvalue weighted by Crippen LogP contribution is 2.28. The summed E-state index contributed by atoms with van der Waals surface area (Å²) in [6, 6.07) is 5.27. The Morgan fingerprint density at radius 2 is 2.05 bits per heavy atom. The number of rotatable bonds is 3. The lowest BCUT2D eigenvalue weighted by molar-refractivity contribution is 0.0993. The third kappa shape index (κ3) is 3.08. The smallest absolute Gasteiger partial charge is 0.271 e. The lowest BCUT2D eigenvalue weighted by Crippen LogP contribution is -2.14. The van der Waals surface area contributed by atoms with Crippen LogP contribution in [0.25, 0.3) is 0 Å². The summed E-state index contributed by atoms with van der Waals surface area (Å²) in [5.41, 5.74) is 6.98. The molecule has 19 heavy (non-hydrogen) atoms. The quantitative estimate of drug-likeness (QED) is 0.942. The van der Waals surface area contributed by atoms with E-state index in [2.05, 4.69) is 25.9 Å². The van der Waals surface area contributed by atoms with Crippen molar-refractivity contribution in [3.05, 3.63) is 46.0 Å². The molecule has 0 spiro atoms. The molecule has 6 heteroatoms. The average Bonchev–Trinajstić information content (AvgIpc) is 2.32. The summed E-state index contributed by atoms with van der Waals surface area (Å²) in [6.45, 7) is 3.73. The summed E-state index contributed by atoms with van der Waals surface area (Å²) >= 11 is 3.28. The van der Waals surface area contributed by atoms with E-state index >= 15 is 0 Å². The fraction of sp³-hybridized carbons (Fsp3) is 0.154. The molecule has 0 radical (unpaired) electrons. The lowest BCUT2D eigenvalue weighted by Gasteiger charge is -2.11. The Morgan fingerprint density at radius 3 is 2.68 bits per heavy atom. The molecule has 0 unspecified atom stereocenters. The maximum atomic E-state index is 11.3. The lowest BCUT2D eigenvalue weighted by atomic mass is 10.3. The third-order valence-corrected chi connectivity index (χ3v) is 2.88. The fourth-order valence-corrected chi connectivity index (χ4v) is 1.89. The van der Waals surface area contributed by atoms with Crippen LogP contribution in [-0.4, -0.2) is 15.9 Å². The first kappa shape index (κ1) is 13.5. The Balaban J connectivity index is 2.42. The van der Waals surface area contributed by atoms with Crippen LogP contribution in [-0.2, 0) is 0 Å². The van der Waals surface area contributed by atoms with Gasteiger partial charge in [0.2, 0.25) is 0 Å². The van der Waals surface area contributed by atoms with Gasteiger partial charge in [-0.3, -0.25) is 9.78 Å². The van der Waals surface area contributed by atoms with E-state index < -0.39 is 5.91 Å². The number of nitrogens with two attached hydrogens (primary N) is 1. The highest BCUT2D eigenvalue weighted by molar-refractivity contribution is 9.10. The van der Waals surface area contributed by atoms with Crippen LogP contribution in [0.1, 0.15) is 21.9 Å². The summed E-state index contributed by atoms with van der Waals surface area (Å²) in [5.74, 6) is 0.226. The SMILES string of the molecule is Cc1ccc(Oc2cc(Br)cnc2C(N)=O)c(C)n1. The van der Waals surface area contributed by atoms with Crippen LogP contribution in [0.2, 0.25) is 0 Å². The zero-order chi connectivity index (χ0) is 14.0. The highest BCUT2D eigenvalue weighted by atomic mass is 79.9. The number of aryl methyl sites for hydroxylation is 2. The minimum atomic E-state index is -0.639. The van der Waals surface area contributed by atoms with Gasteiger partial charge in [-0.05, 0) is 48.0 Å². The highest BCUT2D eigenvalue weighted by Gasteiger charge is 2.14. The maximum absolute atomic E-state index is 11.3. The summed E-state index contributed by atoms with van der Waals surface area (Å²) in [6.07, 6.45) is 1.49. The van der Waals surface area contributed by atoms with Crippen LogP contribution in [0.4, 0.5) is 0 Å². The van der Waals surface area contributed by atoms with Crippen LogP contribution in [0.3, 0.4) is 0 Å². The van der Waals surface area contributed by atoms with Gasteiger partial charge in [-0.1, -0.05) is 0 Å². The maximum Gasteiger partial charge on any atom is 0.271 e. The molecule has 2 aromatic rings.